The van der Waals surface area contributed by atoms with Gasteiger partial charge >= 0.3 is 0 Å². The van der Waals surface area contributed by atoms with Gasteiger partial charge in [0.2, 0.25) is 0 Å². The van der Waals surface area contributed by atoms with Gasteiger partial charge in [-0.3, -0.25) is 4.79 Å². The lowest BCUT2D eigenvalue weighted by molar-refractivity contribution is 0.112. The Labute approximate surface area is 105 Å². The number of carbonyl (C=O) groups is 1. The molecule has 0 spiro atoms. The number of carbonyl (C=O) groups excluding carboxylic acids is 1. The van der Waals surface area contributed by atoms with Crippen molar-refractivity contribution in [2.45, 2.75) is 6.61 Å². The molecule has 94 valence electrons. The number of methoxy groups -OCH3 is 1. The lowest BCUT2D eigenvalue weighted by Gasteiger charge is -2.11. The van der Waals surface area contributed by atoms with Gasteiger partial charge in [0.15, 0.2) is 11.5 Å². The molecule has 5 nitrogen and oxygen atoms in total. The third-order valence-electron chi connectivity index (χ3n) is 2.62. The van der Waals surface area contributed by atoms with Crippen molar-refractivity contribution < 1.29 is 14.3 Å². The number of imidazole rings is 1. The summed E-state index contributed by atoms with van der Waals surface area (Å²) in [5, 5.41) is 0. The van der Waals surface area contributed by atoms with E-state index in [9.17, 15) is 4.79 Å². The van der Waals surface area contributed by atoms with Crippen LogP contribution in [-0.4, -0.2) is 22.9 Å². The van der Waals surface area contributed by atoms with Crippen molar-refractivity contribution in [3.63, 3.8) is 0 Å². The molecule has 1 heterocycles. The van der Waals surface area contributed by atoms with Crippen molar-refractivity contribution in [3.8, 4) is 11.5 Å². The number of hydrogen-bond acceptors (Lipinski definition) is 4. The molecule has 0 aliphatic rings. The molecule has 0 atom stereocenters. The molecule has 0 amide bonds. The monoisotopic (exact) mass is 246 g/mol. The summed E-state index contributed by atoms with van der Waals surface area (Å²) in [7, 11) is 3.46. The first-order chi connectivity index (χ1) is 8.74. The van der Waals surface area contributed by atoms with Crippen LogP contribution < -0.4 is 9.47 Å². The van der Waals surface area contributed by atoms with E-state index in [1.807, 2.05) is 11.6 Å². The van der Waals surface area contributed by atoms with Crippen LogP contribution in [-0.2, 0) is 13.7 Å². The van der Waals surface area contributed by atoms with Crippen LogP contribution >= 0.6 is 0 Å². The minimum Gasteiger partial charge on any atom is -0.493 e. The Morgan fingerprint density at radius 1 is 1.39 bits per heavy atom. The highest BCUT2D eigenvalue weighted by Gasteiger charge is 2.07. The molecular formula is C13H14N2O3. The first kappa shape index (κ1) is 12.2. The van der Waals surface area contributed by atoms with Crippen LogP contribution in [0.2, 0.25) is 0 Å². The molecule has 0 radical (unpaired) electrons. The normalized spacial score (nSPS) is 10.1. The molecular weight excluding hydrogens is 232 g/mol. The summed E-state index contributed by atoms with van der Waals surface area (Å²) >= 11 is 0. The summed E-state index contributed by atoms with van der Waals surface area (Å²) in [6.07, 6.45) is 4.21. The number of aromatic nitrogens is 2. The predicted molar refractivity (Wildman–Crippen MR) is 65.9 cm³/mol. The second kappa shape index (κ2) is 5.35. The van der Waals surface area contributed by atoms with E-state index in [0.717, 1.165) is 12.0 Å². The van der Waals surface area contributed by atoms with Gasteiger partial charge in [-0.1, -0.05) is 0 Å². The molecule has 0 aliphatic carbocycles. The maximum Gasteiger partial charge on any atom is 0.162 e. The predicted octanol–water partition coefficient (Wildman–Crippen LogP) is 1.82. The number of aldehydes is 1. The van der Waals surface area contributed by atoms with Crippen LogP contribution in [0.1, 0.15) is 16.1 Å². The average Bonchev–Trinajstić information content (AvgIpc) is 2.81. The molecule has 1 aromatic carbocycles. The number of aryl methyl sites for hydroxylation is 1. The second-order valence-corrected chi connectivity index (χ2v) is 3.81. The summed E-state index contributed by atoms with van der Waals surface area (Å²) in [4.78, 5) is 14.7. The summed E-state index contributed by atoms with van der Waals surface area (Å²) in [6, 6.07) is 5.05. The smallest absolute Gasteiger partial charge is 0.162 e. The highest BCUT2D eigenvalue weighted by molar-refractivity contribution is 5.76. The summed E-state index contributed by atoms with van der Waals surface area (Å²) < 4.78 is 12.7. The van der Waals surface area contributed by atoms with E-state index in [1.54, 1.807) is 37.8 Å². The van der Waals surface area contributed by atoms with E-state index in [2.05, 4.69) is 4.98 Å². The Hall–Kier alpha value is -2.30. The van der Waals surface area contributed by atoms with Gasteiger partial charge in [-0.25, -0.2) is 4.98 Å². The van der Waals surface area contributed by atoms with Crippen molar-refractivity contribution in [2.75, 3.05) is 7.11 Å². The fourth-order valence-corrected chi connectivity index (χ4v) is 1.55. The highest BCUT2D eigenvalue weighted by Crippen LogP contribution is 2.28. The fourth-order valence-electron chi connectivity index (χ4n) is 1.55. The molecule has 0 saturated carbocycles. The third-order valence-corrected chi connectivity index (χ3v) is 2.62. The molecule has 18 heavy (non-hydrogen) atoms. The largest absolute Gasteiger partial charge is 0.493 e. The maximum absolute atomic E-state index is 10.7. The maximum atomic E-state index is 10.7. The summed E-state index contributed by atoms with van der Waals surface area (Å²) in [6.45, 7) is 0.370. The Balaban J connectivity index is 2.17. The van der Waals surface area contributed by atoms with E-state index in [1.165, 1.54) is 0 Å². The van der Waals surface area contributed by atoms with Gasteiger partial charge in [-0.05, 0) is 18.2 Å². The number of ether oxygens (including phenoxy) is 2. The minimum atomic E-state index is 0.370. The Kier molecular flexibility index (Phi) is 3.62. The second-order valence-electron chi connectivity index (χ2n) is 3.81. The zero-order valence-electron chi connectivity index (χ0n) is 10.3. The first-order valence-electron chi connectivity index (χ1n) is 5.46. The van der Waals surface area contributed by atoms with Crippen LogP contribution in [0.15, 0.2) is 30.7 Å². The number of hydrogen-bond donors (Lipinski definition) is 0. The van der Waals surface area contributed by atoms with Gasteiger partial charge in [0.1, 0.15) is 12.9 Å². The standard InChI is InChI=1S/C13H14N2O3/c1-15-9-14-6-11(15)8-18-13-5-10(7-16)3-4-12(13)17-2/h3-7,9H,8H2,1-2H3. The lowest BCUT2D eigenvalue weighted by atomic mass is 10.2. The van der Waals surface area contributed by atoms with Crippen molar-refractivity contribution in [1.82, 2.24) is 9.55 Å². The van der Waals surface area contributed by atoms with Crippen LogP contribution in [0.25, 0.3) is 0 Å². The SMILES string of the molecule is COc1ccc(C=O)cc1OCc1cncn1C. The van der Waals surface area contributed by atoms with Gasteiger partial charge in [-0.15, -0.1) is 0 Å². The molecule has 2 aromatic rings. The molecule has 0 saturated heterocycles. The van der Waals surface area contributed by atoms with Crippen molar-refractivity contribution >= 4 is 6.29 Å². The zero-order chi connectivity index (χ0) is 13.0. The zero-order valence-corrected chi connectivity index (χ0v) is 10.3. The van der Waals surface area contributed by atoms with Crippen LogP contribution in [0, 0.1) is 0 Å². The minimum absolute atomic E-state index is 0.370. The van der Waals surface area contributed by atoms with E-state index < -0.39 is 0 Å². The van der Waals surface area contributed by atoms with Crippen LogP contribution in [0.3, 0.4) is 0 Å². The van der Waals surface area contributed by atoms with Gasteiger partial charge in [0.25, 0.3) is 0 Å². The van der Waals surface area contributed by atoms with Crippen LogP contribution in [0.4, 0.5) is 0 Å². The lowest BCUT2D eigenvalue weighted by Crippen LogP contribution is -2.02. The molecule has 0 unspecified atom stereocenters. The molecule has 0 fully saturated rings. The van der Waals surface area contributed by atoms with Crippen molar-refractivity contribution in [2.24, 2.45) is 7.05 Å². The molecule has 5 heteroatoms. The fraction of sp³-hybridized carbons (Fsp3) is 0.231. The number of nitrogens with zero attached hydrogens (tertiary/aromatic N) is 2. The summed E-state index contributed by atoms with van der Waals surface area (Å²) in [5.74, 6) is 1.14. The van der Waals surface area contributed by atoms with E-state index >= 15 is 0 Å². The van der Waals surface area contributed by atoms with E-state index in [4.69, 9.17) is 9.47 Å². The Morgan fingerprint density at radius 2 is 2.22 bits per heavy atom. The quantitative estimate of drug-likeness (QED) is 0.755. The van der Waals surface area contributed by atoms with Gasteiger partial charge in [0, 0.05) is 12.6 Å². The van der Waals surface area contributed by atoms with Crippen molar-refractivity contribution in [1.29, 1.82) is 0 Å². The Morgan fingerprint density at radius 3 is 2.83 bits per heavy atom. The number of rotatable bonds is 5. The van der Waals surface area contributed by atoms with Crippen molar-refractivity contribution in [3.05, 3.63) is 42.0 Å². The third kappa shape index (κ3) is 2.51. The number of benzene rings is 1. The topological polar surface area (TPSA) is 53.4 Å². The van der Waals surface area contributed by atoms with Gasteiger partial charge < -0.3 is 14.0 Å². The Bertz CT molecular complexity index is 549. The first-order valence-corrected chi connectivity index (χ1v) is 5.46. The molecule has 1 aromatic heterocycles. The average molecular weight is 246 g/mol. The molecule has 0 bridgehead atoms. The highest BCUT2D eigenvalue weighted by atomic mass is 16.5. The van der Waals surface area contributed by atoms with E-state index in [-0.39, 0.29) is 0 Å². The van der Waals surface area contributed by atoms with Gasteiger partial charge in [-0.2, -0.15) is 0 Å². The molecule has 0 N–H and O–H groups in total. The summed E-state index contributed by atoms with van der Waals surface area (Å²) in [5.41, 5.74) is 1.49. The molecule has 2 rings (SSSR count). The van der Waals surface area contributed by atoms with Gasteiger partial charge in [0.05, 0.1) is 25.3 Å². The van der Waals surface area contributed by atoms with Crippen LogP contribution in [0.5, 0.6) is 11.5 Å². The molecule has 0 aliphatic heterocycles. The van der Waals surface area contributed by atoms with E-state index in [0.29, 0.717) is 23.7 Å².